The number of nitrogens with zero attached hydrogens (tertiary/aromatic N) is 1. The molecule has 1 fully saturated rings. The minimum absolute atomic E-state index is 0.230. The van der Waals surface area contributed by atoms with E-state index >= 15 is 0 Å². The van der Waals surface area contributed by atoms with Gasteiger partial charge in [-0.15, -0.1) is 0 Å². The van der Waals surface area contributed by atoms with Crippen LogP contribution in [0.3, 0.4) is 0 Å². The molecule has 1 atom stereocenters. The van der Waals surface area contributed by atoms with Crippen molar-refractivity contribution in [2.24, 2.45) is 11.8 Å². The van der Waals surface area contributed by atoms with Crippen LogP contribution >= 0.6 is 0 Å². The van der Waals surface area contributed by atoms with Crippen LogP contribution in [0.1, 0.15) is 19.4 Å². The van der Waals surface area contributed by atoms with E-state index in [2.05, 4.69) is 43.1 Å². The molecule has 138 valence electrons. The first-order chi connectivity index (χ1) is 12.4. The molecule has 1 saturated heterocycles. The van der Waals surface area contributed by atoms with Crippen LogP contribution in [0.4, 0.5) is 0 Å². The summed E-state index contributed by atoms with van der Waals surface area (Å²) in [5.41, 5.74) is 2.33. The van der Waals surface area contributed by atoms with E-state index in [1.807, 2.05) is 25.1 Å². The summed E-state index contributed by atoms with van der Waals surface area (Å²) in [5.74, 6) is 0.715. The van der Waals surface area contributed by atoms with Gasteiger partial charge in [-0.3, -0.25) is 0 Å². The average Bonchev–Trinajstić information content (AvgIpc) is 3.07. The maximum absolute atomic E-state index is 13.0. The van der Waals surface area contributed by atoms with Crippen molar-refractivity contribution in [3.63, 3.8) is 0 Å². The molecule has 0 spiro atoms. The van der Waals surface area contributed by atoms with Gasteiger partial charge in [-0.25, -0.2) is 0 Å². The van der Waals surface area contributed by atoms with E-state index in [0.29, 0.717) is 29.8 Å². The van der Waals surface area contributed by atoms with E-state index in [0.717, 1.165) is 5.56 Å². The minimum atomic E-state index is -3.44. The van der Waals surface area contributed by atoms with Gasteiger partial charge in [0.2, 0.25) is 0 Å². The van der Waals surface area contributed by atoms with Crippen molar-refractivity contribution >= 4 is 29.4 Å². The Hall–Kier alpha value is -1.39. The summed E-state index contributed by atoms with van der Waals surface area (Å²) in [4.78, 5) is 2.68. The topological polar surface area (TPSA) is 37.4 Å². The Morgan fingerprint density at radius 3 is 2.35 bits per heavy atom. The predicted molar refractivity (Wildman–Crippen MR) is 108 cm³/mol. The van der Waals surface area contributed by atoms with Crippen molar-refractivity contribution in [1.29, 1.82) is 0 Å². The van der Waals surface area contributed by atoms with Crippen LogP contribution in [-0.4, -0.2) is 40.8 Å². The molecule has 0 saturated carbocycles. The molecule has 0 aromatic heterocycles. The standard InChI is InChI=1S/C21H25NO2SSe/c1-16(2)21-14-22(25(23,24)19-11-9-17(3)10-12-19)13-18(21)15-26-20-7-5-4-6-8-20/h4-12,15-16,21H,13-14H2,1-3H3/b18-15-. The molecule has 5 heteroatoms. The summed E-state index contributed by atoms with van der Waals surface area (Å²) in [6.45, 7) is 7.40. The Balaban J connectivity index is 1.83. The van der Waals surface area contributed by atoms with Crippen molar-refractivity contribution in [3.8, 4) is 0 Å². The summed E-state index contributed by atoms with van der Waals surface area (Å²) < 4.78 is 29.0. The van der Waals surface area contributed by atoms with Crippen LogP contribution in [0.5, 0.6) is 0 Å². The second-order valence-corrected chi connectivity index (χ2v) is 11.0. The molecular weight excluding hydrogens is 409 g/mol. The summed E-state index contributed by atoms with van der Waals surface area (Å²) >= 11 is 0.230. The molecule has 1 aliphatic rings. The first-order valence-corrected chi connectivity index (χ1v) is 12.1. The van der Waals surface area contributed by atoms with Gasteiger partial charge in [-0.2, -0.15) is 0 Å². The summed E-state index contributed by atoms with van der Waals surface area (Å²) in [7, 11) is -3.44. The van der Waals surface area contributed by atoms with Crippen LogP contribution in [0, 0.1) is 18.8 Å². The molecule has 2 aromatic carbocycles. The number of sulfonamides is 1. The van der Waals surface area contributed by atoms with Crippen LogP contribution in [0.15, 0.2) is 70.0 Å². The third-order valence-corrected chi connectivity index (χ3v) is 8.64. The van der Waals surface area contributed by atoms with Gasteiger partial charge >= 0.3 is 163 Å². The van der Waals surface area contributed by atoms with Crippen molar-refractivity contribution < 1.29 is 8.42 Å². The van der Waals surface area contributed by atoms with Gasteiger partial charge < -0.3 is 0 Å². The van der Waals surface area contributed by atoms with Crippen molar-refractivity contribution in [2.75, 3.05) is 13.1 Å². The molecule has 0 amide bonds. The van der Waals surface area contributed by atoms with Crippen molar-refractivity contribution in [3.05, 3.63) is 70.7 Å². The fourth-order valence-corrected chi connectivity index (χ4v) is 6.41. The fourth-order valence-electron chi connectivity index (χ4n) is 3.17. The van der Waals surface area contributed by atoms with Crippen LogP contribution in [0.25, 0.3) is 0 Å². The summed E-state index contributed by atoms with van der Waals surface area (Å²) in [6.07, 6.45) is 0. The summed E-state index contributed by atoms with van der Waals surface area (Å²) in [6, 6.07) is 17.5. The molecule has 0 aliphatic carbocycles. The number of hydrogen-bond acceptors (Lipinski definition) is 2. The Morgan fingerprint density at radius 2 is 1.73 bits per heavy atom. The van der Waals surface area contributed by atoms with Gasteiger partial charge in [0.25, 0.3) is 0 Å². The Labute approximate surface area is 163 Å². The van der Waals surface area contributed by atoms with Crippen molar-refractivity contribution in [2.45, 2.75) is 25.7 Å². The molecule has 1 aliphatic heterocycles. The molecule has 3 rings (SSSR count). The predicted octanol–water partition coefficient (Wildman–Crippen LogP) is 3.19. The van der Waals surface area contributed by atoms with E-state index in [1.54, 1.807) is 16.4 Å². The van der Waals surface area contributed by atoms with Gasteiger partial charge in [-0.05, 0) is 0 Å². The monoisotopic (exact) mass is 435 g/mol. The SMILES string of the molecule is Cc1ccc(S(=O)(=O)N2C/C(=C/[Se]c3ccccc3)C(C(C)C)C2)cc1. The molecule has 0 radical (unpaired) electrons. The second kappa shape index (κ2) is 8.10. The van der Waals surface area contributed by atoms with Gasteiger partial charge in [0.1, 0.15) is 0 Å². The number of rotatable bonds is 5. The fraction of sp³-hybridized carbons (Fsp3) is 0.333. The van der Waals surface area contributed by atoms with E-state index in [-0.39, 0.29) is 15.0 Å². The third-order valence-electron chi connectivity index (χ3n) is 4.79. The maximum atomic E-state index is 13.0. The third kappa shape index (κ3) is 4.29. The van der Waals surface area contributed by atoms with Crippen LogP contribution in [0.2, 0.25) is 0 Å². The van der Waals surface area contributed by atoms with E-state index < -0.39 is 10.0 Å². The van der Waals surface area contributed by atoms with E-state index in [1.165, 1.54) is 10.0 Å². The quantitative estimate of drug-likeness (QED) is 0.678. The molecule has 0 bridgehead atoms. The Kier molecular flexibility index (Phi) is 6.03. The van der Waals surface area contributed by atoms with Gasteiger partial charge in [0.05, 0.1) is 0 Å². The number of aryl methyl sites for hydroxylation is 1. The molecule has 0 N–H and O–H groups in total. The van der Waals surface area contributed by atoms with Gasteiger partial charge in [-0.1, -0.05) is 0 Å². The van der Waals surface area contributed by atoms with Crippen LogP contribution in [-0.2, 0) is 10.0 Å². The Bertz CT molecular complexity index is 874. The first-order valence-electron chi connectivity index (χ1n) is 8.85. The van der Waals surface area contributed by atoms with Crippen molar-refractivity contribution in [1.82, 2.24) is 4.31 Å². The number of benzene rings is 2. The molecule has 3 nitrogen and oxygen atoms in total. The van der Waals surface area contributed by atoms with E-state index in [4.69, 9.17) is 0 Å². The molecule has 1 unspecified atom stereocenters. The molecule has 26 heavy (non-hydrogen) atoms. The normalized spacial score (nSPS) is 20.2. The van der Waals surface area contributed by atoms with Gasteiger partial charge in [0.15, 0.2) is 0 Å². The van der Waals surface area contributed by atoms with Crippen LogP contribution < -0.4 is 4.46 Å². The first kappa shape index (κ1) is 19.4. The zero-order valence-corrected chi connectivity index (χ0v) is 18.0. The molecule has 2 aromatic rings. The second-order valence-electron chi connectivity index (χ2n) is 7.08. The zero-order chi connectivity index (χ0) is 18.7. The Morgan fingerprint density at radius 1 is 1.08 bits per heavy atom. The molecule has 1 heterocycles. The summed E-state index contributed by atoms with van der Waals surface area (Å²) in [5, 5.41) is 0. The van der Waals surface area contributed by atoms with E-state index in [9.17, 15) is 8.42 Å². The zero-order valence-electron chi connectivity index (χ0n) is 15.4. The van der Waals surface area contributed by atoms with Gasteiger partial charge in [0, 0.05) is 0 Å². The average molecular weight is 434 g/mol. The number of hydrogen-bond donors (Lipinski definition) is 0. The molecular formula is C21H25NO2SSe.